The molecule has 0 saturated heterocycles. The molecule has 1 aromatic carbocycles. The summed E-state index contributed by atoms with van der Waals surface area (Å²) in [5.41, 5.74) is 1.14. The second-order valence-electron chi connectivity index (χ2n) is 5.28. The maximum absolute atomic E-state index is 12.0. The molecule has 0 saturated carbocycles. The van der Waals surface area contributed by atoms with Crippen LogP contribution in [0.15, 0.2) is 29.6 Å². The van der Waals surface area contributed by atoms with Crippen LogP contribution in [0.2, 0.25) is 5.02 Å². The normalized spacial score (nSPS) is 11.4. The smallest absolute Gasteiger partial charge is 0.317 e. The maximum atomic E-state index is 12.0. The zero-order chi connectivity index (χ0) is 15.5. The zero-order valence-corrected chi connectivity index (χ0v) is 13.9. The number of hydrogen-bond donors (Lipinski definition) is 0. The van der Waals surface area contributed by atoms with Gasteiger partial charge in [-0.1, -0.05) is 23.7 Å². The Balaban J connectivity index is 2.16. The van der Waals surface area contributed by atoms with E-state index in [1.165, 1.54) is 0 Å². The summed E-state index contributed by atoms with van der Waals surface area (Å²) in [5, 5.41) is 3.61. The third-order valence-corrected chi connectivity index (χ3v) is 4.31. The summed E-state index contributed by atoms with van der Waals surface area (Å²) in [6, 6.07) is 7.72. The molecular weight excluding hydrogens is 306 g/mol. The van der Waals surface area contributed by atoms with Crippen molar-refractivity contribution in [3.63, 3.8) is 0 Å². The van der Waals surface area contributed by atoms with Gasteiger partial charge in [-0.2, -0.15) is 0 Å². The van der Waals surface area contributed by atoms with Gasteiger partial charge in [0.1, 0.15) is 5.41 Å². The van der Waals surface area contributed by atoms with Crippen molar-refractivity contribution in [2.75, 3.05) is 6.61 Å². The van der Waals surface area contributed by atoms with Crippen molar-refractivity contribution in [2.45, 2.75) is 32.6 Å². The van der Waals surface area contributed by atoms with Crippen LogP contribution in [0.3, 0.4) is 0 Å². The van der Waals surface area contributed by atoms with E-state index in [9.17, 15) is 4.79 Å². The van der Waals surface area contributed by atoms with Gasteiger partial charge in [-0.25, -0.2) is 4.98 Å². The first-order valence-electron chi connectivity index (χ1n) is 6.80. The lowest BCUT2D eigenvalue weighted by molar-refractivity contribution is -0.148. The van der Waals surface area contributed by atoms with E-state index in [4.69, 9.17) is 16.3 Å². The van der Waals surface area contributed by atoms with Gasteiger partial charge in [-0.15, -0.1) is 11.3 Å². The van der Waals surface area contributed by atoms with Crippen molar-refractivity contribution in [2.24, 2.45) is 0 Å². The molecule has 0 unspecified atom stereocenters. The quantitative estimate of drug-likeness (QED) is 0.773. The predicted octanol–water partition coefficient (Wildman–Crippen LogP) is 4.23. The number of benzene rings is 1. The summed E-state index contributed by atoms with van der Waals surface area (Å²) in [5.74, 6) is -0.246. The van der Waals surface area contributed by atoms with Crippen LogP contribution in [0.1, 0.15) is 37.0 Å². The summed E-state index contributed by atoms with van der Waals surface area (Å²) in [6.45, 7) is 5.85. The minimum absolute atomic E-state index is 0.246. The van der Waals surface area contributed by atoms with Crippen LogP contribution in [0.5, 0.6) is 0 Å². The van der Waals surface area contributed by atoms with Crippen molar-refractivity contribution in [3.8, 4) is 0 Å². The van der Waals surface area contributed by atoms with E-state index in [0.717, 1.165) is 21.3 Å². The van der Waals surface area contributed by atoms with Crippen LogP contribution in [0, 0.1) is 0 Å². The highest BCUT2D eigenvalue weighted by atomic mass is 35.5. The maximum Gasteiger partial charge on any atom is 0.317 e. The van der Waals surface area contributed by atoms with Crippen LogP contribution < -0.4 is 0 Å². The first-order valence-corrected chi connectivity index (χ1v) is 8.05. The Hall–Kier alpha value is -1.39. The predicted molar refractivity (Wildman–Crippen MR) is 86.0 cm³/mol. The Morgan fingerprint density at radius 1 is 1.43 bits per heavy atom. The van der Waals surface area contributed by atoms with Crippen molar-refractivity contribution in [1.82, 2.24) is 4.98 Å². The molecule has 2 aromatic rings. The number of aromatic nitrogens is 1. The largest absolute Gasteiger partial charge is 0.465 e. The van der Waals surface area contributed by atoms with Gasteiger partial charge in [0.15, 0.2) is 0 Å². The Morgan fingerprint density at radius 3 is 2.86 bits per heavy atom. The first-order chi connectivity index (χ1) is 9.93. The van der Waals surface area contributed by atoms with Gasteiger partial charge in [0.2, 0.25) is 0 Å². The third-order valence-electron chi connectivity index (χ3n) is 3.22. The third kappa shape index (κ3) is 3.83. The van der Waals surface area contributed by atoms with E-state index in [1.54, 1.807) is 18.3 Å². The van der Waals surface area contributed by atoms with Gasteiger partial charge >= 0.3 is 5.97 Å². The molecule has 1 aromatic heterocycles. The number of nitrogens with zero attached hydrogens (tertiary/aromatic N) is 1. The van der Waals surface area contributed by atoms with Gasteiger partial charge in [-0.3, -0.25) is 4.79 Å². The SMILES string of the molecule is CCOC(=O)C(C)(C)c1csc(Cc2cccc(Cl)c2)n1. The number of carbonyl (C=O) groups is 1. The number of hydrogen-bond acceptors (Lipinski definition) is 4. The Labute approximate surface area is 133 Å². The molecule has 0 aliphatic carbocycles. The lowest BCUT2D eigenvalue weighted by atomic mass is 9.90. The molecule has 112 valence electrons. The van der Waals surface area contributed by atoms with Crippen molar-refractivity contribution < 1.29 is 9.53 Å². The lowest BCUT2D eigenvalue weighted by Gasteiger charge is -2.19. The van der Waals surface area contributed by atoms with E-state index >= 15 is 0 Å². The summed E-state index contributed by atoms with van der Waals surface area (Å²) in [6.07, 6.45) is 0.712. The standard InChI is InChI=1S/C16H18ClNO2S/c1-4-20-15(19)16(2,3)13-10-21-14(18-13)9-11-6-5-7-12(17)8-11/h5-8,10H,4,9H2,1-3H3. The van der Waals surface area contributed by atoms with E-state index in [0.29, 0.717) is 13.0 Å². The Bertz CT molecular complexity index is 637. The number of thiazole rings is 1. The number of ether oxygens (including phenoxy) is 1. The van der Waals surface area contributed by atoms with Gasteiger partial charge < -0.3 is 4.74 Å². The molecule has 0 atom stereocenters. The van der Waals surface area contributed by atoms with Crippen LogP contribution in [-0.4, -0.2) is 17.6 Å². The van der Waals surface area contributed by atoms with E-state index in [1.807, 2.05) is 43.5 Å². The fourth-order valence-corrected chi connectivity index (χ4v) is 3.13. The van der Waals surface area contributed by atoms with Crippen molar-refractivity contribution >= 4 is 28.9 Å². The molecule has 0 amide bonds. The minimum Gasteiger partial charge on any atom is -0.465 e. The molecule has 0 N–H and O–H groups in total. The van der Waals surface area contributed by atoms with E-state index in [2.05, 4.69) is 4.98 Å². The molecule has 0 spiro atoms. The molecule has 2 rings (SSSR count). The van der Waals surface area contributed by atoms with Gasteiger partial charge in [0.05, 0.1) is 17.3 Å². The lowest BCUT2D eigenvalue weighted by Crippen LogP contribution is -2.31. The highest BCUT2D eigenvalue weighted by molar-refractivity contribution is 7.09. The van der Waals surface area contributed by atoms with E-state index < -0.39 is 5.41 Å². The molecule has 0 radical (unpaired) electrons. The highest BCUT2D eigenvalue weighted by Gasteiger charge is 2.33. The molecule has 5 heteroatoms. The molecule has 0 aliphatic heterocycles. The number of esters is 1. The van der Waals surface area contributed by atoms with Gasteiger partial charge in [0, 0.05) is 16.8 Å². The van der Waals surface area contributed by atoms with Crippen LogP contribution in [0.25, 0.3) is 0 Å². The highest BCUT2D eigenvalue weighted by Crippen LogP contribution is 2.27. The van der Waals surface area contributed by atoms with Crippen LogP contribution in [-0.2, 0) is 21.4 Å². The summed E-state index contributed by atoms with van der Waals surface area (Å²) in [4.78, 5) is 16.6. The molecule has 3 nitrogen and oxygen atoms in total. The average Bonchev–Trinajstić information content (AvgIpc) is 2.88. The minimum atomic E-state index is -0.723. The fraction of sp³-hybridized carbons (Fsp3) is 0.375. The zero-order valence-electron chi connectivity index (χ0n) is 12.4. The molecule has 0 fully saturated rings. The number of halogens is 1. The topological polar surface area (TPSA) is 39.2 Å². The summed E-state index contributed by atoms with van der Waals surface area (Å²) in [7, 11) is 0. The number of rotatable bonds is 5. The van der Waals surface area contributed by atoms with Crippen molar-refractivity contribution in [1.29, 1.82) is 0 Å². The second kappa shape index (κ2) is 6.58. The first kappa shape index (κ1) is 16.0. The molecule has 0 aliphatic rings. The Morgan fingerprint density at radius 2 is 2.19 bits per heavy atom. The molecule has 1 heterocycles. The van der Waals surface area contributed by atoms with Gasteiger partial charge in [0.25, 0.3) is 0 Å². The second-order valence-corrected chi connectivity index (χ2v) is 6.66. The summed E-state index contributed by atoms with van der Waals surface area (Å²) >= 11 is 7.54. The molecule has 0 bridgehead atoms. The Kier molecular flexibility index (Phi) is 5.01. The fourth-order valence-electron chi connectivity index (χ4n) is 1.92. The molecular formula is C16H18ClNO2S. The van der Waals surface area contributed by atoms with Crippen LogP contribution >= 0.6 is 22.9 Å². The van der Waals surface area contributed by atoms with Crippen LogP contribution in [0.4, 0.5) is 0 Å². The van der Waals surface area contributed by atoms with Crippen molar-refractivity contribution in [3.05, 3.63) is 50.9 Å². The monoisotopic (exact) mass is 323 g/mol. The summed E-state index contributed by atoms with van der Waals surface area (Å²) < 4.78 is 5.11. The number of carbonyl (C=O) groups excluding carboxylic acids is 1. The van der Waals surface area contributed by atoms with Gasteiger partial charge in [-0.05, 0) is 38.5 Å². The van der Waals surface area contributed by atoms with E-state index in [-0.39, 0.29) is 5.97 Å². The molecule has 21 heavy (non-hydrogen) atoms. The average molecular weight is 324 g/mol.